The molecule has 0 aromatic heterocycles. The van der Waals surface area contributed by atoms with Crippen molar-refractivity contribution in [3.05, 3.63) is 39.9 Å². The number of non-ortho nitro benzene ring substituents is 1. The number of nitrogens with zero attached hydrogens (tertiary/aromatic N) is 2. The predicted molar refractivity (Wildman–Crippen MR) is 67.0 cm³/mol. The third-order valence-electron chi connectivity index (χ3n) is 3.19. The lowest BCUT2D eigenvalue weighted by Gasteiger charge is -2.20. The van der Waals surface area contributed by atoms with E-state index in [-0.39, 0.29) is 11.6 Å². The predicted octanol–water partition coefficient (Wildman–Crippen LogP) is 2.50. The Morgan fingerprint density at radius 1 is 1.17 bits per heavy atom. The molecular formula is C13H16N2O3. The van der Waals surface area contributed by atoms with E-state index in [1.165, 1.54) is 12.1 Å². The van der Waals surface area contributed by atoms with Crippen LogP contribution in [0.1, 0.15) is 31.2 Å². The summed E-state index contributed by atoms with van der Waals surface area (Å²) in [4.78, 5) is 23.8. The third-order valence-corrected chi connectivity index (χ3v) is 3.19. The van der Waals surface area contributed by atoms with Gasteiger partial charge in [0.05, 0.1) is 4.92 Å². The highest BCUT2D eigenvalue weighted by molar-refractivity contribution is 5.76. The smallest absolute Gasteiger partial charge is 0.269 e. The lowest BCUT2D eigenvalue weighted by atomic mass is 10.2. The Morgan fingerprint density at radius 3 is 2.56 bits per heavy atom. The Labute approximate surface area is 106 Å². The van der Waals surface area contributed by atoms with Crippen LogP contribution in [0.15, 0.2) is 24.3 Å². The van der Waals surface area contributed by atoms with Crippen LogP contribution in [-0.4, -0.2) is 22.3 Å². The lowest BCUT2D eigenvalue weighted by molar-refractivity contribution is -0.384. The van der Waals surface area contributed by atoms with Crippen molar-refractivity contribution in [3.8, 4) is 0 Å². The van der Waals surface area contributed by atoms with E-state index in [0.717, 1.165) is 31.4 Å². The first kappa shape index (κ1) is 12.5. The van der Waals surface area contributed by atoms with Crippen LogP contribution in [0.25, 0.3) is 0 Å². The summed E-state index contributed by atoms with van der Waals surface area (Å²) in [6.07, 6.45) is 3.73. The summed E-state index contributed by atoms with van der Waals surface area (Å²) in [6.45, 7) is 1.34. The molecule has 0 aliphatic carbocycles. The van der Waals surface area contributed by atoms with Gasteiger partial charge in [-0.15, -0.1) is 0 Å². The SMILES string of the molecule is O=C1CCCCCN1Cc1ccc([N+](=O)[O-])cc1. The van der Waals surface area contributed by atoms with Crippen LogP contribution in [0.2, 0.25) is 0 Å². The molecular weight excluding hydrogens is 232 g/mol. The van der Waals surface area contributed by atoms with Crippen molar-refractivity contribution in [2.75, 3.05) is 6.54 Å². The van der Waals surface area contributed by atoms with Crippen LogP contribution in [0.4, 0.5) is 5.69 Å². The molecule has 0 atom stereocenters. The summed E-state index contributed by atoms with van der Waals surface area (Å²) >= 11 is 0. The van der Waals surface area contributed by atoms with Gasteiger partial charge in [-0.1, -0.05) is 18.6 Å². The number of hydrogen-bond donors (Lipinski definition) is 0. The third kappa shape index (κ3) is 3.06. The monoisotopic (exact) mass is 248 g/mol. The van der Waals surface area contributed by atoms with Gasteiger partial charge in [0, 0.05) is 31.6 Å². The number of benzene rings is 1. The fourth-order valence-electron chi connectivity index (χ4n) is 2.15. The van der Waals surface area contributed by atoms with Gasteiger partial charge in [-0.25, -0.2) is 0 Å². The van der Waals surface area contributed by atoms with Crippen LogP contribution in [0.3, 0.4) is 0 Å². The van der Waals surface area contributed by atoms with Crippen molar-refractivity contribution in [2.24, 2.45) is 0 Å². The van der Waals surface area contributed by atoms with Gasteiger partial charge in [-0.3, -0.25) is 14.9 Å². The van der Waals surface area contributed by atoms with Gasteiger partial charge in [0.1, 0.15) is 0 Å². The molecule has 1 amide bonds. The highest BCUT2D eigenvalue weighted by Crippen LogP contribution is 2.17. The van der Waals surface area contributed by atoms with E-state index >= 15 is 0 Å². The average Bonchev–Trinajstić information content (AvgIpc) is 2.56. The van der Waals surface area contributed by atoms with Gasteiger partial charge in [0.2, 0.25) is 5.91 Å². The zero-order chi connectivity index (χ0) is 13.0. The topological polar surface area (TPSA) is 63.5 Å². The van der Waals surface area contributed by atoms with E-state index < -0.39 is 4.92 Å². The van der Waals surface area contributed by atoms with Crippen LogP contribution >= 0.6 is 0 Å². The fraction of sp³-hybridized carbons (Fsp3) is 0.462. The van der Waals surface area contributed by atoms with Crippen LogP contribution in [-0.2, 0) is 11.3 Å². The zero-order valence-electron chi connectivity index (χ0n) is 10.2. The number of amides is 1. The largest absolute Gasteiger partial charge is 0.338 e. The van der Waals surface area contributed by atoms with Crippen molar-refractivity contribution >= 4 is 11.6 Å². The van der Waals surface area contributed by atoms with Crippen molar-refractivity contribution in [1.29, 1.82) is 0 Å². The molecule has 96 valence electrons. The van der Waals surface area contributed by atoms with E-state index in [1.807, 2.05) is 4.90 Å². The number of hydrogen-bond acceptors (Lipinski definition) is 3. The Bertz CT molecular complexity index is 442. The molecule has 1 aromatic rings. The summed E-state index contributed by atoms with van der Waals surface area (Å²) in [5.41, 5.74) is 1.02. The van der Waals surface area contributed by atoms with Gasteiger partial charge in [-0.05, 0) is 18.4 Å². The average molecular weight is 248 g/mol. The summed E-state index contributed by atoms with van der Waals surface area (Å²) in [6, 6.07) is 6.40. The number of carbonyl (C=O) groups excluding carboxylic acids is 1. The quantitative estimate of drug-likeness (QED) is 0.609. The number of nitro groups is 1. The normalized spacial score (nSPS) is 16.4. The summed E-state index contributed by atoms with van der Waals surface area (Å²) in [5, 5.41) is 10.5. The van der Waals surface area contributed by atoms with Crippen molar-refractivity contribution in [3.63, 3.8) is 0 Å². The molecule has 1 aliphatic heterocycles. The maximum Gasteiger partial charge on any atom is 0.269 e. The molecule has 1 heterocycles. The first-order valence-corrected chi connectivity index (χ1v) is 6.18. The van der Waals surface area contributed by atoms with E-state index in [9.17, 15) is 14.9 Å². The molecule has 1 aliphatic rings. The zero-order valence-corrected chi connectivity index (χ0v) is 10.2. The van der Waals surface area contributed by atoms with Crippen LogP contribution in [0.5, 0.6) is 0 Å². The molecule has 5 nitrogen and oxygen atoms in total. The second-order valence-electron chi connectivity index (χ2n) is 4.55. The second kappa shape index (κ2) is 5.62. The fourth-order valence-corrected chi connectivity index (χ4v) is 2.15. The maximum absolute atomic E-state index is 11.8. The molecule has 18 heavy (non-hydrogen) atoms. The van der Waals surface area contributed by atoms with Gasteiger partial charge in [0.15, 0.2) is 0 Å². The molecule has 0 N–H and O–H groups in total. The highest BCUT2D eigenvalue weighted by Gasteiger charge is 2.16. The van der Waals surface area contributed by atoms with Crippen molar-refractivity contribution < 1.29 is 9.72 Å². The van der Waals surface area contributed by atoms with Crippen LogP contribution in [0, 0.1) is 10.1 Å². The molecule has 1 fully saturated rings. The molecule has 5 heteroatoms. The molecule has 1 aromatic carbocycles. The summed E-state index contributed by atoms with van der Waals surface area (Å²) in [7, 11) is 0. The van der Waals surface area contributed by atoms with E-state index in [1.54, 1.807) is 12.1 Å². The number of nitro benzene ring substituents is 1. The van der Waals surface area contributed by atoms with Gasteiger partial charge in [0.25, 0.3) is 5.69 Å². The standard InChI is InChI=1S/C13H16N2O3/c16-13-4-2-1-3-9-14(13)10-11-5-7-12(8-6-11)15(17)18/h5-8H,1-4,9-10H2. The van der Waals surface area contributed by atoms with E-state index in [2.05, 4.69) is 0 Å². The summed E-state index contributed by atoms with van der Waals surface area (Å²) < 4.78 is 0. The number of carbonyl (C=O) groups is 1. The molecule has 0 bridgehead atoms. The van der Waals surface area contributed by atoms with E-state index in [0.29, 0.717) is 13.0 Å². The van der Waals surface area contributed by atoms with E-state index in [4.69, 9.17) is 0 Å². The Hall–Kier alpha value is -1.91. The highest BCUT2D eigenvalue weighted by atomic mass is 16.6. The molecule has 2 rings (SSSR count). The molecule has 0 unspecified atom stereocenters. The molecule has 0 saturated carbocycles. The Kier molecular flexibility index (Phi) is 3.92. The molecule has 0 radical (unpaired) electrons. The first-order valence-electron chi connectivity index (χ1n) is 6.18. The minimum atomic E-state index is -0.416. The van der Waals surface area contributed by atoms with Crippen LogP contribution < -0.4 is 0 Å². The Balaban J connectivity index is 2.03. The number of likely N-dealkylation sites (tertiary alicyclic amines) is 1. The van der Waals surface area contributed by atoms with Gasteiger partial charge in [-0.2, -0.15) is 0 Å². The molecule has 1 saturated heterocycles. The van der Waals surface area contributed by atoms with Crippen molar-refractivity contribution in [1.82, 2.24) is 4.90 Å². The van der Waals surface area contributed by atoms with Gasteiger partial charge >= 0.3 is 0 Å². The Morgan fingerprint density at radius 2 is 1.89 bits per heavy atom. The first-order chi connectivity index (χ1) is 8.66. The minimum absolute atomic E-state index is 0.0842. The second-order valence-corrected chi connectivity index (χ2v) is 4.55. The molecule has 0 spiro atoms. The minimum Gasteiger partial charge on any atom is -0.338 e. The van der Waals surface area contributed by atoms with Gasteiger partial charge < -0.3 is 4.90 Å². The summed E-state index contributed by atoms with van der Waals surface area (Å²) in [5.74, 6) is 0.186. The maximum atomic E-state index is 11.8. The van der Waals surface area contributed by atoms with Crippen molar-refractivity contribution in [2.45, 2.75) is 32.2 Å². The number of rotatable bonds is 3. The lowest BCUT2D eigenvalue weighted by Crippen LogP contribution is -2.29.